The molecule has 1 saturated carbocycles. The first-order chi connectivity index (χ1) is 12.8. The van der Waals surface area contributed by atoms with E-state index in [1.165, 1.54) is 25.7 Å². The number of hydrogen-bond donors (Lipinski definition) is 1. The summed E-state index contributed by atoms with van der Waals surface area (Å²) in [6.07, 6.45) is 11.6. The van der Waals surface area contributed by atoms with Crippen molar-refractivity contribution in [1.82, 2.24) is 24.8 Å². The van der Waals surface area contributed by atoms with Crippen LogP contribution < -0.4 is 10.2 Å². The Hall–Kier alpha value is -2.77. The maximum Gasteiger partial charge on any atom is 0.274 e. The molecule has 0 aromatic carbocycles. The summed E-state index contributed by atoms with van der Waals surface area (Å²) in [6.45, 7) is 2.68. The van der Waals surface area contributed by atoms with Gasteiger partial charge in [0.05, 0.1) is 12.4 Å². The summed E-state index contributed by atoms with van der Waals surface area (Å²) in [7, 11) is 0. The van der Waals surface area contributed by atoms with Gasteiger partial charge in [-0.25, -0.2) is 19.9 Å². The van der Waals surface area contributed by atoms with Crippen LogP contribution in [0.25, 0.3) is 0 Å². The van der Waals surface area contributed by atoms with E-state index in [9.17, 15) is 4.79 Å². The van der Waals surface area contributed by atoms with Gasteiger partial charge in [0, 0.05) is 44.6 Å². The average molecular weight is 353 g/mol. The highest BCUT2D eigenvalue weighted by atomic mass is 16.2. The molecule has 1 aliphatic heterocycles. The first kappa shape index (κ1) is 16.7. The van der Waals surface area contributed by atoms with Crippen LogP contribution in [0.15, 0.2) is 30.9 Å². The lowest BCUT2D eigenvalue weighted by molar-refractivity contribution is 0.0740. The van der Waals surface area contributed by atoms with Gasteiger partial charge in [0.2, 0.25) is 5.95 Å². The van der Waals surface area contributed by atoms with Crippen LogP contribution in [0.2, 0.25) is 0 Å². The monoisotopic (exact) mass is 353 g/mol. The minimum absolute atomic E-state index is 0.0708. The van der Waals surface area contributed by atoms with Crippen molar-refractivity contribution in [2.24, 2.45) is 0 Å². The highest BCUT2D eigenvalue weighted by Crippen LogP contribution is 2.21. The third kappa shape index (κ3) is 3.74. The molecule has 1 amide bonds. The minimum Gasteiger partial charge on any atom is -0.366 e. The van der Waals surface area contributed by atoms with Crippen molar-refractivity contribution in [2.75, 3.05) is 36.4 Å². The summed E-state index contributed by atoms with van der Waals surface area (Å²) >= 11 is 0. The Morgan fingerprint density at radius 3 is 2.35 bits per heavy atom. The number of carbonyl (C=O) groups excluding carboxylic acids is 1. The molecular weight excluding hydrogens is 330 g/mol. The van der Waals surface area contributed by atoms with Gasteiger partial charge in [-0.1, -0.05) is 12.8 Å². The van der Waals surface area contributed by atoms with Crippen LogP contribution in [0.3, 0.4) is 0 Å². The Morgan fingerprint density at radius 2 is 1.69 bits per heavy atom. The second kappa shape index (κ2) is 7.63. The molecule has 8 heteroatoms. The van der Waals surface area contributed by atoms with Crippen LogP contribution in [0.4, 0.5) is 11.8 Å². The largest absolute Gasteiger partial charge is 0.366 e. The molecule has 0 spiro atoms. The van der Waals surface area contributed by atoms with E-state index >= 15 is 0 Å². The van der Waals surface area contributed by atoms with Crippen molar-refractivity contribution in [3.8, 4) is 0 Å². The number of nitrogens with zero attached hydrogens (tertiary/aromatic N) is 6. The highest BCUT2D eigenvalue weighted by Gasteiger charge is 2.24. The van der Waals surface area contributed by atoms with Crippen molar-refractivity contribution in [3.63, 3.8) is 0 Å². The van der Waals surface area contributed by atoms with Crippen LogP contribution in [0.1, 0.15) is 36.2 Å². The zero-order valence-electron chi connectivity index (χ0n) is 14.7. The fraction of sp³-hybridized carbons (Fsp3) is 0.500. The molecular formula is C18H23N7O. The van der Waals surface area contributed by atoms with Crippen LogP contribution in [-0.4, -0.2) is 63.0 Å². The quantitative estimate of drug-likeness (QED) is 0.893. The lowest BCUT2D eigenvalue weighted by Crippen LogP contribution is -2.49. The molecule has 2 aromatic heterocycles. The SMILES string of the molecule is O=C(c1cnc(NC2CCCC2)cn1)N1CCN(c2ncccn2)CC1. The van der Waals surface area contributed by atoms with Gasteiger partial charge in [-0.3, -0.25) is 4.79 Å². The molecule has 0 unspecified atom stereocenters. The van der Waals surface area contributed by atoms with E-state index in [-0.39, 0.29) is 5.91 Å². The standard InChI is InChI=1S/C18H23N7O/c26-17(15-12-22-16(13-21-15)23-14-4-1-2-5-14)24-8-10-25(11-9-24)18-19-6-3-7-20-18/h3,6-7,12-14H,1-2,4-5,8-11H2,(H,22,23). The number of nitrogens with one attached hydrogen (secondary N) is 1. The van der Waals surface area contributed by atoms with E-state index in [1.807, 2.05) is 4.90 Å². The van der Waals surface area contributed by atoms with E-state index in [1.54, 1.807) is 30.9 Å². The Morgan fingerprint density at radius 1 is 0.962 bits per heavy atom. The van der Waals surface area contributed by atoms with Crippen LogP contribution in [0, 0.1) is 0 Å². The van der Waals surface area contributed by atoms with Crippen LogP contribution in [-0.2, 0) is 0 Å². The number of carbonyl (C=O) groups is 1. The zero-order chi connectivity index (χ0) is 17.8. The lowest BCUT2D eigenvalue weighted by atomic mass is 10.2. The fourth-order valence-electron chi connectivity index (χ4n) is 3.52. The Bertz CT molecular complexity index is 723. The van der Waals surface area contributed by atoms with E-state index < -0.39 is 0 Å². The third-order valence-electron chi connectivity index (χ3n) is 4.98. The predicted molar refractivity (Wildman–Crippen MR) is 98.1 cm³/mol. The minimum atomic E-state index is -0.0708. The maximum atomic E-state index is 12.7. The molecule has 8 nitrogen and oxygen atoms in total. The van der Waals surface area contributed by atoms with Gasteiger partial charge < -0.3 is 15.1 Å². The molecule has 3 heterocycles. The Labute approximate surface area is 152 Å². The van der Waals surface area contributed by atoms with Crippen molar-refractivity contribution in [2.45, 2.75) is 31.7 Å². The van der Waals surface area contributed by atoms with Crippen molar-refractivity contribution in [3.05, 3.63) is 36.5 Å². The number of piperazine rings is 1. The molecule has 0 bridgehead atoms. The van der Waals surface area contributed by atoms with Gasteiger partial charge in [0.1, 0.15) is 11.5 Å². The third-order valence-corrected chi connectivity index (χ3v) is 4.98. The number of anilines is 2. The summed E-state index contributed by atoms with van der Waals surface area (Å²) < 4.78 is 0. The van der Waals surface area contributed by atoms with Gasteiger partial charge in [-0.15, -0.1) is 0 Å². The summed E-state index contributed by atoms with van der Waals surface area (Å²) in [5.41, 5.74) is 0.395. The van der Waals surface area contributed by atoms with E-state index in [0.29, 0.717) is 43.9 Å². The normalized spacial score (nSPS) is 18.2. The molecule has 0 radical (unpaired) electrons. The zero-order valence-corrected chi connectivity index (χ0v) is 14.7. The van der Waals surface area contributed by atoms with E-state index in [2.05, 4.69) is 30.2 Å². The first-order valence-corrected chi connectivity index (χ1v) is 9.19. The van der Waals surface area contributed by atoms with Gasteiger partial charge in [0.25, 0.3) is 5.91 Å². The highest BCUT2D eigenvalue weighted by molar-refractivity contribution is 5.92. The van der Waals surface area contributed by atoms with Gasteiger partial charge >= 0.3 is 0 Å². The molecule has 2 aromatic rings. The second-order valence-electron chi connectivity index (χ2n) is 6.74. The molecule has 2 fully saturated rings. The van der Waals surface area contributed by atoms with Gasteiger partial charge in [-0.05, 0) is 18.9 Å². The van der Waals surface area contributed by atoms with E-state index in [0.717, 1.165) is 5.82 Å². The van der Waals surface area contributed by atoms with Gasteiger partial charge in [-0.2, -0.15) is 0 Å². The maximum absolute atomic E-state index is 12.7. The molecule has 4 rings (SSSR count). The van der Waals surface area contributed by atoms with Crippen molar-refractivity contribution in [1.29, 1.82) is 0 Å². The molecule has 136 valence electrons. The Kier molecular flexibility index (Phi) is 4.90. The summed E-state index contributed by atoms with van der Waals surface area (Å²) in [5.74, 6) is 1.39. The Balaban J connectivity index is 1.33. The molecule has 2 aliphatic rings. The number of rotatable bonds is 4. The van der Waals surface area contributed by atoms with Crippen molar-refractivity contribution >= 4 is 17.7 Å². The average Bonchev–Trinajstić information content (AvgIpc) is 3.22. The molecule has 1 aliphatic carbocycles. The van der Waals surface area contributed by atoms with Gasteiger partial charge in [0.15, 0.2) is 0 Å². The lowest BCUT2D eigenvalue weighted by Gasteiger charge is -2.34. The first-order valence-electron chi connectivity index (χ1n) is 9.19. The topological polar surface area (TPSA) is 87.1 Å². The number of hydrogen-bond acceptors (Lipinski definition) is 7. The number of aromatic nitrogens is 4. The second-order valence-corrected chi connectivity index (χ2v) is 6.74. The van der Waals surface area contributed by atoms with E-state index in [4.69, 9.17) is 0 Å². The molecule has 1 saturated heterocycles. The smallest absolute Gasteiger partial charge is 0.274 e. The summed E-state index contributed by atoms with van der Waals surface area (Å²) in [5, 5.41) is 3.39. The van der Waals surface area contributed by atoms with Crippen LogP contribution in [0.5, 0.6) is 0 Å². The molecule has 0 atom stereocenters. The number of amides is 1. The summed E-state index contributed by atoms with van der Waals surface area (Å²) in [4.78, 5) is 33.8. The molecule has 26 heavy (non-hydrogen) atoms. The summed E-state index contributed by atoms with van der Waals surface area (Å²) in [6, 6.07) is 2.28. The molecule has 1 N–H and O–H groups in total. The van der Waals surface area contributed by atoms with Crippen LogP contribution >= 0.6 is 0 Å². The van der Waals surface area contributed by atoms with Crippen molar-refractivity contribution < 1.29 is 4.79 Å². The fourth-order valence-corrected chi connectivity index (χ4v) is 3.52. The predicted octanol–water partition coefficient (Wildman–Crippen LogP) is 1.58.